The molecular weight excluding hydrogens is 532 g/mol. The van der Waals surface area contributed by atoms with Crippen molar-refractivity contribution in [2.45, 2.75) is 36.4 Å². The number of nitrogens with two attached hydrogens (primary N) is 1. The quantitative estimate of drug-likeness (QED) is 0.389. The molecule has 0 saturated carbocycles. The number of Topliss-reactive ketones (excluding diaryl/α,β-unsaturated/α-hetero) is 1. The first kappa shape index (κ1) is 26.5. The number of nitrogens with zero attached hydrogens (tertiary/aromatic N) is 4. The Morgan fingerprint density at radius 1 is 1.26 bits per heavy atom. The van der Waals surface area contributed by atoms with Gasteiger partial charge in [0.25, 0.3) is 0 Å². The van der Waals surface area contributed by atoms with E-state index in [-0.39, 0.29) is 28.8 Å². The van der Waals surface area contributed by atoms with Gasteiger partial charge >= 0.3 is 0 Å². The molecule has 2 heterocycles. The highest BCUT2D eigenvalue weighted by Crippen LogP contribution is 2.47. The summed E-state index contributed by atoms with van der Waals surface area (Å²) in [6, 6.07) is 17.2. The second kappa shape index (κ2) is 11.3. The van der Waals surface area contributed by atoms with Crippen molar-refractivity contribution in [3.05, 3.63) is 82.3 Å². The minimum absolute atomic E-state index is 0.0127. The van der Waals surface area contributed by atoms with Gasteiger partial charge in [0.15, 0.2) is 10.1 Å². The molecule has 1 unspecified atom stereocenters. The van der Waals surface area contributed by atoms with Gasteiger partial charge in [0.2, 0.25) is 11.0 Å². The molecule has 1 aliphatic heterocycles. The molecule has 3 aromatic rings. The number of aryl methyl sites for hydroxylation is 1. The van der Waals surface area contributed by atoms with Crippen molar-refractivity contribution in [2.24, 2.45) is 5.73 Å². The van der Waals surface area contributed by atoms with Crippen molar-refractivity contribution in [3.63, 3.8) is 0 Å². The van der Waals surface area contributed by atoms with E-state index in [1.165, 1.54) is 23.1 Å². The lowest BCUT2D eigenvalue weighted by atomic mass is 9.76. The van der Waals surface area contributed by atoms with Crippen LogP contribution in [0.4, 0.5) is 10.8 Å². The van der Waals surface area contributed by atoms with Crippen LogP contribution in [0.2, 0.25) is 0 Å². The van der Waals surface area contributed by atoms with Crippen molar-refractivity contribution < 1.29 is 14.3 Å². The summed E-state index contributed by atoms with van der Waals surface area (Å²) in [6.07, 6.45) is 1.69. The molecule has 1 aliphatic carbocycles. The Balaban J connectivity index is 1.43. The van der Waals surface area contributed by atoms with Gasteiger partial charge in [-0.1, -0.05) is 53.4 Å². The monoisotopic (exact) mass is 558 g/mol. The van der Waals surface area contributed by atoms with E-state index in [4.69, 9.17) is 10.5 Å². The minimum Gasteiger partial charge on any atom is -0.497 e. The van der Waals surface area contributed by atoms with Gasteiger partial charge in [-0.3, -0.25) is 14.5 Å². The number of allylic oxidation sites excluding steroid dienone is 3. The molecule has 11 heteroatoms. The fourth-order valence-electron chi connectivity index (χ4n) is 4.84. The number of nitriles is 1. The first-order chi connectivity index (χ1) is 18.9. The maximum Gasteiger partial charge on any atom is 0.234 e. The minimum atomic E-state index is -0.587. The van der Waals surface area contributed by atoms with E-state index >= 15 is 0 Å². The Bertz CT molecular complexity index is 1550. The topological polar surface area (TPSA) is 134 Å². The standard InChI is InChI=1S/C28H26N6O3S2/c1-16-7-3-4-10-20(16)31-23(36)15-38-28-33-32-27(39-28)34-21-11-6-12-22(35)25(21)24(19(14-29)26(34)30)17-8-5-9-18(13-17)37-2/h3-5,7-10,13,24H,6,11-12,15,30H2,1-2H3,(H,31,36). The van der Waals surface area contributed by atoms with E-state index in [1.807, 2.05) is 55.5 Å². The fourth-order valence-corrected chi connectivity index (χ4v) is 6.52. The van der Waals surface area contributed by atoms with E-state index in [0.29, 0.717) is 40.1 Å². The maximum absolute atomic E-state index is 13.3. The van der Waals surface area contributed by atoms with Crippen LogP contribution in [0.25, 0.3) is 0 Å². The van der Waals surface area contributed by atoms with Crippen LogP contribution in [0.3, 0.4) is 0 Å². The summed E-state index contributed by atoms with van der Waals surface area (Å²) in [5, 5.41) is 22.1. The third-order valence-electron chi connectivity index (χ3n) is 6.67. The lowest BCUT2D eigenvalue weighted by molar-refractivity contribution is -0.116. The molecule has 1 atom stereocenters. The van der Waals surface area contributed by atoms with Gasteiger partial charge in [-0.05, 0) is 49.1 Å². The second-order valence-electron chi connectivity index (χ2n) is 9.10. The molecule has 5 rings (SSSR count). The number of rotatable bonds is 7. The molecule has 2 aromatic carbocycles. The number of benzene rings is 2. The third-order valence-corrected chi connectivity index (χ3v) is 8.72. The lowest BCUT2D eigenvalue weighted by Crippen LogP contribution is -2.38. The molecule has 0 saturated heterocycles. The average molecular weight is 559 g/mol. The van der Waals surface area contributed by atoms with Crippen molar-refractivity contribution in [3.8, 4) is 11.8 Å². The number of methoxy groups -OCH3 is 1. The highest BCUT2D eigenvalue weighted by atomic mass is 32.2. The number of carbonyl (C=O) groups excluding carboxylic acids is 2. The molecule has 3 N–H and O–H groups in total. The number of thioether (sulfide) groups is 1. The first-order valence-electron chi connectivity index (χ1n) is 12.3. The van der Waals surface area contributed by atoms with Crippen LogP contribution in [0.1, 0.15) is 36.3 Å². The summed E-state index contributed by atoms with van der Waals surface area (Å²) < 4.78 is 5.97. The van der Waals surface area contributed by atoms with Crippen molar-refractivity contribution >= 4 is 45.6 Å². The van der Waals surface area contributed by atoms with E-state index in [1.54, 1.807) is 12.0 Å². The van der Waals surface area contributed by atoms with Crippen molar-refractivity contribution in [1.29, 1.82) is 5.26 Å². The molecule has 0 radical (unpaired) electrons. The van der Waals surface area contributed by atoms with Gasteiger partial charge in [-0.2, -0.15) is 5.26 Å². The van der Waals surface area contributed by atoms with Gasteiger partial charge in [0, 0.05) is 23.4 Å². The van der Waals surface area contributed by atoms with Crippen LogP contribution < -0.4 is 20.7 Å². The van der Waals surface area contributed by atoms with Gasteiger partial charge in [0.05, 0.1) is 30.4 Å². The van der Waals surface area contributed by atoms with E-state index in [9.17, 15) is 14.9 Å². The second-order valence-corrected chi connectivity index (χ2v) is 11.3. The lowest BCUT2D eigenvalue weighted by Gasteiger charge is -2.38. The Hall–Kier alpha value is -4.14. The average Bonchev–Trinajstić information content (AvgIpc) is 3.41. The number of amides is 1. The summed E-state index contributed by atoms with van der Waals surface area (Å²) in [7, 11) is 1.57. The number of hydrogen-bond donors (Lipinski definition) is 2. The first-order valence-corrected chi connectivity index (χ1v) is 14.1. The summed E-state index contributed by atoms with van der Waals surface area (Å²) in [6.45, 7) is 1.93. The van der Waals surface area contributed by atoms with Crippen LogP contribution in [-0.2, 0) is 9.59 Å². The number of anilines is 2. The SMILES string of the molecule is COc1cccc(C2C(C#N)=C(N)N(c3nnc(SCC(=O)Nc4ccccc4C)s3)C3=C2C(=O)CCC3)c1. The number of ether oxygens (including phenoxy) is 1. The van der Waals surface area contributed by atoms with Crippen LogP contribution in [0.15, 0.2) is 75.5 Å². The normalized spacial score (nSPS) is 17.1. The predicted molar refractivity (Wildman–Crippen MR) is 151 cm³/mol. The van der Waals surface area contributed by atoms with Crippen LogP contribution in [0.5, 0.6) is 5.75 Å². The number of nitrogens with one attached hydrogen (secondary N) is 1. The molecule has 0 bridgehead atoms. The summed E-state index contributed by atoms with van der Waals surface area (Å²) in [5.74, 6) is 0.260. The van der Waals surface area contributed by atoms with Crippen molar-refractivity contribution in [2.75, 3.05) is 23.1 Å². The smallest absolute Gasteiger partial charge is 0.234 e. The molecule has 39 heavy (non-hydrogen) atoms. The zero-order valence-corrected chi connectivity index (χ0v) is 23.1. The van der Waals surface area contributed by atoms with E-state index < -0.39 is 5.92 Å². The Morgan fingerprint density at radius 2 is 2.08 bits per heavy atom. The molecule has 1 aromatic heterocycles. The number of aromatic nitrogens is 2. The van der Waals surface area contributed by atoms with E-state index in [2.05, 4.69) is 21.6 Å². The molecule has 1 amide bonds. The fraction of sp³-hybridized carbons (Fsp3) is 0.250. The van der Waals surface area contributed by atoms with Crippen molar-refractivity contribution in [1.82, 2.24) is 10.2 Å². The van der Waals surface area contributed by atoms with Gasteiger partial charge in [0.1, 0.15) is 11.6 Å². The van der Waals surface area contributed by atoms with Gasteiger partial charge in [-0.15, -0.1) is 10.2 Å². The Kier molecular flexibility index (Phi) is 7.67. The maximum atomic E-state index is 13.3. The molecule has 198 valence electrons. The van der Waals surface area contributed by atoms with Crippen LogP contribution in [0, 0.1) is 18.3 Å². The van der Waals surface area contributed by atoms with Crippen LogP contribution in [-0.4, -0.2) is 34.8 Å². The largest absolute Gasteiger partial charge is 0.497 e. The predicted octanol–water partition coefficient (Wildman–Crippen LogP) is 4.89. The van der Waals surface area contributed by atoms with E-state index in [0.717, 1.165) is 22.5 Å². The Labute approximate surface area is 234 Å². The number of carbonyl (C=O) groups is 2. The summed E-state index contributed by atoms with van der Waals surface area (Å²) >= 11 is 2.53. The Morgan fingerprint density at radius 3 is 2.85 bits per heavy atom. The molecule has 0 fully saturated rings. The van der Waals surface area contributed by atoms with Gasteiger partial charge < -0.3 is 15.8 Å². The number of para-hydroxylation sites is 1. The highest BCUT2D eigenvalue weighted by molar-refractivity contribution is 8.01. The zero-order valence-electron chi connectivity index (χ0n) is 21.4. The summed E-state index contributed by atoms with van der Waals surface area (Å²) in [5.41, 5.74) is 10.7. The third kappa shape index (κ3) is 5.26. The molecular formula is C28H26N6O3S2. The zero-order chi connectivity index (χ0) is 27.5. The number of ketones is 1. The summed E-state index contributed by atoms with van der Waals surface area (Å²) in [4.78, 5) is 27.5. The van der Waals surface area contributed by atoms with Crippen LogP contribution >= 0.6 is 23.1 Å². The number of hydrogen-bond acceptors (Lipinski definition) is 10. The molecule has 0 spiro atoms. The highest BCUT2D eigenvalue weighted by Gasteiger charge is 2.41. The molecule has 2 aliphatic rings. The molecule has 9 nitrogen and oxygen atoms in total. The van der Waals surface area contributed by atoms with Gasteiger partial charge in [-0.25, -0.2) is 0 Å².